The molecule has 0 unspecified atom stereocenters. The molecule has 0 saturated carbocycles. The normalized spacial score (nSPS) is 19.9. The van der Waals surface area contributed by atoms with Gasteiger partial charge in [-0.05, 0) is 66.4 Å². The van der Waals surface area contributed by atoms with Crippen molar-refractivity contribution >= 4 is 17.8 Å². The minimum absolute atomic E-state index is 0.0725. The van der Waals surface area contributed by atoms with Gasteiger partial charge in [0.15, 0.2) is 18.3 Å². The molecular weight excluding hydrogens is 474 g/mol. The number of hydrogen-bond donors (Lipinski definition) is 0. The molecule has 37 heavy (non-hydrogen) atoms. The van der Waals surface area contributed by atoms with E-state index in [0.29, 0.717) is 30.1 Å². The van der Waals surface area contributed by atoms with E-state index in [1.807, 2.05) is 30.3 Å². The molecule has 0 aromatic heterocycles. The smallest absolute Gasteiger partial charge is 0.330 e. The van der Waals surface area contributed by atoms with Gasteiger partial charge in [0.25, 0.3) is 0 Å². The first-order valence-electron chi connectivity index (χ1n) is 12.5. The molecule has 0 amide bonds. The molecule has 198 valence electrons. The van der Waals surface area contributed by atoms with Crippen LogP contribution in [0, 0.1) is 0 Å². The Morgan fingerprint density at radius 3 is 2.49 bits per heavy atom. The van der Waals surface area contributed by atoms with Crippen LogP contribution < -0.4 is 14.2 Å². The number of rotatable bonds is 9. The number of Topliss-reactive ketones (excluding diaryl/α,β-unsaturated/α-hetero) is 1. The Morgan fingerprint density at radius 1 is 0.973 bits per heavy atom. The minimum atomic E-state index is -0.440. The van der Waals surface area contributed by atoms with Gasteiger partial charge in [-0.15, -0.1) is 0 Å². The van der Waals surface area contributed by atoms with Gasteiger partial charge in [-0.1, -0.05) is 12.5 Å². The number of ether oxygens (including phenoxy) is 5. The van der Waals surface area contributed by atoms with Crippen molar-refractivity contribution in [3.63, 3.8) is 0 Å². The van der Waals surface area contributed by atoms with Gasteiger partial charge in [0.1, 0.15) is 11.5 Å². The summed E-state index contributed by atoms with van der Waals surface area (Å²) < 4.78 is 27.2. The van der Waals surface area contributed by atoms with Crippen LogP contribution in [-0.4, -0.2) is 64.5 Å². The summed E-state index contributed by atoms with van der Waals surface area (Å²) in [6.07, 6.45) is 7.40. The van der Waals surface area contributed by atoms with Gasteiger partial charge in [0.05, 0.1) is 21.3 Å². The summed E-state index contributed by atoms with van der Waals surface area (Å²) in [5.41, 5.74) is 3.45. The van der Waals surface area contributed by atoms with Crippen molar-refractivity contribution < 1.29 is 33.3 Å². The van der Waals surface area contributed by atoms with E-state index in [9.17, 15) is 9.59 Å². The number of fused-ring (bicyclic) bond motifs is 1. The monoisotopic (exact) mass is 509 g/mol. The lowest BCUT2D eigenvalue weighted by atomic mass is 9.82. The molecule has 2 aliphatic heterocycles. The Hall–Kier alpha value is -3.36. The summed E-state index contributed by atoms with van der Waals surface area (Å²) in [5.74, 6) is 1.63. The van der Waals surface area contributed by atoms with E-state index in [1.54, 1.807) is 27.4 Å². The second-order valence-electron chi connectivity index (χ2n) is 9.31. The standard InChI is InChI=1S/C29H35NO7/c1-33-18-37-26-10-8-19(9-11-29(32)36-4)13-24(26)22-16-27(34-2)28(35-3)17-23(22)25-15-21(31)14-20-7-5-6-12-30(20)25/h8-11,13,16-17,20,25H,5-7,12,14-15,18H2,1-4H3/b11-9-/t20-,25+/m1/s1. The van der Waals surface area contributed by atoms with Crippen molar-refractivity contribution in [3.8, 4) is 28.4 Å². The number of hydrogen-bond acceptors (Lipinski definition) is 8. The van der Waals surface area contributed by atoms with Crippen LogP contribution >= 0.6 is 0 Å². The number of esters is 1. The van der Waals surface area contributed by atoms with Crippen LogP contribution in [0.1, 0.15) is 49.3 Å². The van der Waals surface area contributed by atoms with Gasteiger partial charge >= 0.3 is 5.97 Å². The predicted octanol–water partition coefficient (Wildman–Crippen LogP) is 4.80. The fraction of sp³-hybridized carbons (Fsp3) is 0.448. The van der Waals surface area contributed by atoms with Gasteiger partial charge < -0.3 is 23.7 Å². The van der Waals surface area contributed by atoms with Gasteiger partial charge in [-0.25, -0.2) is 4.79 Å². The van der Waals surface area contributed by atoms with Crippen molar-refractivity contribution in [3.05, 3.63) is 47.5 Å². The van der Waals surface area contributed by atoms with Crippen LogP contribution in [0.4, 0.5) is 0 Å². The van der Waals surface area contributed by atoms with Gasteiger partial charge in [0.2, 0.25) is 0 Å². The van der Waals surface area contributed by atoms with Crippen LogP contribution in [0.5, 0.6) is 17.2 Å². The molecule has 2 aromatic rings. The highest BCUT2D eigenvalue weighted by Crippen LogP contribution is 2.46. The SMILES string of the molecule is COCOc1ccc(/C=C\C(=O)OC)cc1-c1cc(OC)c(OC)cc1[C@@H]1CC(=O)C[C@H]2CCCCN21. The molecule has 0 aliphatic carbocycles. The van der Waals surface area contributed by atoms with Gasteiger partial charge in [-0.3, -0.25) is 9.69 Å². The zero-order valence-electron chi connectivity index (χ0n) is 22.0. The van der Waals surface area contributed by atoms with E-state index < -0.39 is 5.97 Å². The van der Waals surface area contributed by atoms with Crippen molar-refractivity contribution in [1.82, 2.24) is 4.90 Å². The molecular formula is C29H35NO7. The highest BCUT2D eigenvalue weighted by atomic mass is 16.7. The van der Waals surface area contributed by atoms with E-state index in [0.717, 1.165) is 48.1 Å². The van der Waals surface area contributed by atoms with Crippen LogP contribution in [0.2, 0.25) is 0 Å². The van der Waals surface area contributed by atoms with Crippen molar-refractivity contribution in [2.45, 2.75) is 44.2 Å². The quantitative estimate of drug-likeness (QED) is 0.271. The van der Waals surface area contributed by atoms with Gasteiger partial charge in [0, 0.05) is 43.7 Å². The molecule has 2 aliphatic rings. The number of nitrogens with zero attached hydrogens (tertiary/aromatic N) is 1. The summed E-state index contributed by atoms with van der Waals surface area (Å²) in [4.78, 5) is 27.1. The number of carbonyl (C=O) groups excluding carboxylic acids is 2. The fourth-order valence-electron chi connectivity index (χ4n) is 5.37. The maximum absolute atomic E-state index is 12.9. The van der Waals surface area contributed by atoms with E-state index >= 15 is 0 Å². The zero-order chi connectivity index (χ0) is 26.4. The van der Waals surface area contributed by atoms with E-state index in [-0.39, 0.29) is 24.7 Å². The average molecular weight is 510 g/mol. The average Bonchev–Trinajstić information content (AvgIpc) is 2.93. The summed E-state index contributed by atoms with van der Waals surface area (Å²) in [7, 11) is 6.13. The summed E-state index contributed by atoms with van der Waals surface area (Å²) in [6.45, 7) is 1.02. The highest BCUT2D eigenvalue weighted by molar-refractivity contribution is 5.88. The maximum atomic E-state index is 12.9. The number of carbonyl (C=O) groups is 2. The topological polar surface area (TPSA) is 83.5 Å². The first kappa shape index (κ1) is 26.7. The van der Waals surface area contributed by atoms with E-state index in [1.165, 1.54) is 13.2 Å². The fourth-order valence-corrected chi connectivity index (χ4v) is 5.37. The largest absolute Gasteiger partial charge is 0.493 e. The third-order valence-corrected chi connectivity index (χ3v) is 7.11. The van der Waals surface area contributed by atoms with Crippen molar-refractivity contribution in [2.75, 3.05) is 41.8 Å². The van der Waals surface area contributed by atoms with Crippen LogP contribution in [-0.2, 0) is 19.1 Å². The second-order valence-corrected chi connectivity index (χ2v) is 9.31. The second kappa shape index (κ2) is 12.3. The Kier molecular flexibility index (Phi) is 8.84. The molecule has 4 rings (SSSR count). The number of ketones is 1. The Labute approximate surface area is 218 Å². The van der Waals surface area contributed by atoms with Crippen LogP contribution in [0.3, 0.4) is 0 Å². The van der Waals surface area contributed by atoms with E-state index in [4.69, 9.17) is 23.7 Å². The molecule has 0 N–H and O–H groups in total. The molecule has 2 heterocycles. The van der Waals surface area contributed by atoms with Crippen LogP contribution in [0.15, 0.2) is 36.4 Å². The third kappa shape index (κ3) is 5.97. The lowest BCUT2D eigenvalue weighted by Crippen LogP contribution is -2.47. The number of piperidine rings is 2. The minimum Gasteiger partial charge on any atom is -0.493 e. The lowest BCUT2D eigenvalue weighted by molar-refractivity contribution is -0.134. The molecule has 2 fully saturated rings. The first-order chi connectivity index (χ1) is 18.0. The number of methoxy groups -OCH3 is 4. The Bertz CT molecular complexity index is 1160. The molecule has 8 heteroatoms. The molecule has 0 spiro atoms. The summed E-state index contributed by atoms with van der Waals surface area (Å²) in [6, 6.07) is 9.74. The molecule has 0 radical (unpaired) electrons. The van der Waals surface area contributed by atoms with Gasteiger partial charge in [-0.2, -0.15) is 0 Å². The molecule has 2 aromatic carbocycles. The zero-order valence-corrected chi connectivity index (χ0v) is 22.0. The third-order valence-electron chi connectivity index (χ3n) is 7.11. The van der Waals surface area contributed by atoms with Crippen molar-refractivity contribution in [1.29, 1.82) is 0 Å². The molecule has 0 bridgehead atoms. The van der Waals surface area contributed by atoms with E-state index in [2.05, 4.69) is 4.90 Å². The Balaban J connectivity index is 1.90. The summed E-state index contributed by atoms with van der Waals surface area (Å²) in [5, 5.41) is 0. The first-order valence-corrected chi connectivity index (χ1v) is 12.5. The lowest BCUT2D eigenvalue weighted by Gasteiger charge is -2.45. The Morgan fingerprint density at radius 2 is 1.76 bits per heavy atom. The molecule has 2 atom stereocenters. The summed E-state index contributed by atoms with van der Waals surface area (Å²) >= 11 is 0. The molecule has 8 nitrogen and oxygen atoms in total. The van der Waals surface area contributed by atoms with Crippen LogP contribution in [0.25, 0.3) is 17.2 Å². The van der Waals surface area contributed by atoms with Crippen molar-refractivity contribution in [2.24, 2.45) is 0 Å². The maximum Gasteiger partial charge on any atom is 0.330 e. The molecule has 2 saturated heterocycles. The highest BCUT2D eigenvalue weighted by Gasteiger charge is 2.38. The number of benzene rings is 2. The predicted molar refractivity (Wildman–Crippen MR) is 140 cm³/mol.